The van der Waals surface area contributed by atoms with Crippen LogP contribution in [0.2, 0.25) is 0 Å². The third kappa shape index (κ3) is 4.35. The average Bonchev–Trinajstić information content (AvgIpc) is 3.18. The maximum absolute atomic E-state index is 13.6. The third-order valence-corrected chi connectivity index (χ3v) is 5.76. The second kappa shape index (κ2) is 9.21. The van der Waals surface area contributed by atoms with Crippen molar-refractivity contribution >= 4 is 39.2 Å². The van der Waals surface area contributed by atoms with E-state index >= 15 is 0 Å². The molecule has 0 fully saturated rings. The normalized spacial score (nSPS) is 11.7. The number of nitrogens with one attached hydrogen (secondary N) is 1. The van der Waals surface area contributed by atoms with Crippen molar-refractivity contribution in [3.63, 3.8) is 0 Å². The Balaban J connectivity index is 1.80. The van der Waals surface area contributed by atoms with Crippen molar-refractivity contribution in [2.45, 2.75) is 40.7 Å². The molecule has 2 heterocycles. The molecule has 0 saturated heterocycles. The molecular weight excluding hydrogens is 432 g/mol. The lowest BCUT2D eigenvalue weighted by atomic mass is 10.0. The van der Waals surface area contributed by atoms with Gasteiger partial charge in [-0.25, -0.2) is 4.79 Å². The highest BCUT2D eigenvalue weighted by Crippen LogP contribution is 2.31. The zero-order chi connectivity index (χ0) is 24.6. The van der Waals surface area contributed by atoms with Gasteiger partial charge in [0.15, 0.2) is 5.69 Å². The van der Waals surface area contributed by atoms with Crippen LogP contribution in [-0.2, 0) is 17.8 Å². The fraction of sp³-hybridized carbons (Fsp3) is 0.346. The van der Waals surface area contributed by atoms with Crippen LogP contribution < -0.4 is 21.9 Å². The Bertz CT molecular complexity index is 1480. The average molecular weight is 463 g/mol. The summed E-state index contributed by atoms with van der Waals surface area (Å²) in [6.07, 6.45) is 1.62. The highest BCUT2D eigenvalue weighted by Gasteiger charge is 2.26. The molecule has 0 aliphatic carbocycles. The number of nitrogens with zero attached hydrogens (tertiary/aromatic N) is 2. The molecular formula is C26H30N4O4. The molecule has 0 spiro atoms. The number of hydrogen-bond donors (Lipinski definition) is 2. The van der Waals surface area contributed by atoms with E-state index in [4.69, 9.17) is 10.2 Å². The topological polar surface area (TPSA) is 114 Å². The molecule has 0 aliphatic rings. The summed E-state index contributed by atoms with van der Waals surface area (Å²) >= 11 is 0. The van der Waals surface area contributed by atoms with Crippen molar-refractivity contribution in [1.82, 2.24) is 9.55 Å². The SMILES string of the molecule is CC(C)CN(C(=O)Cc1coc2ccc3ccccc3c12)c1c(N)n(CC(C)C)c(=O)[nH]c1=O. The summed E-state index contributed by atoms with van der Waals surface area (Å²) in [5.74, 6) is -0.107. The number of benzene rings is 2. The number of amides is 1. The molecule has 0 radical (unpaired) electrons. The van der Waals surface area contributed by atoms with Gasteiger partial charge < -0.3 is 15.1 Å². The maximum atomic E-state index is 13.6. The minimum absolute atomic E-state index is 0.000971. The number of rotatable bonds is 7. The lowest BCUT2D eigenvalue weighted by Gasteiger charge is -2.26. The summed E-state index contributed by atoms with van der Waals surface area (Å²) in [7, 11) is 0. The smallest absolute Gasteiger partial charge is 0.330 e. The largest absolute Gasteiger partial charge is 0.464 e. The van der Waals surface area contributed by atoms with E-state index in [0.29, 0.717) is 12.1 Å². The number of nitrogen functional groups attached to an aromatic ring is 1. The van der Waals surface area contributed by atoms with Gasteiger partial charge >= 0.3 is 5.69 Å². The fourth-order valence-electron chi connectivity index (χ4n) is 4.33. The number of aromatic amines is 1. The van der Waals surface area contributed by atoms with E-state index < -0.39 is 11.2 Å². The molecule has 0 bridgehead atoms. The zero-order valence-corrected chi connectivity index (χ0v) is 19.9. The first-order chi connectivity index (χ1) is 16.2. The number of fused-ring (bicyclic) bond motifs is 3. The first-order valence-corrected chi connectivity index (χ1v) is 11.5. The number of nitrogens with two attached hydrogens (primary N) is 1. The van der Waals surface area contributed by atoms with Gasteiger partial charge in [-0.3, -0.25) is 19.1 Å². The molecule has 34 heavy (non-hydrogen) atoms. The van der Waals surface area contributed by atoms with E-state index in [9.17, 15) is 14.4 Å². The number of carbonyl (C=O) groups is 1. The maximum Gasteiger partial charge on any atom is 0.330 e. The van der Waals surface area contributed by atoms with E-state index in [2.05, 4.69) is 4.98 Å². The van der Waals surface area contributed by atoms with Gasteiger partial charge in [0.05, 0.1) is 12.7 Å². The van der Waals surface area contributed by atoms with Gasteiger partial charge in [0.2, 0.25) is 5.91 Å². The van der Waals surface area contributed by atoms with Crippen molar-refractivity contribution in [3.05, 3.63) is 69.1 Å². The van der Waals surface area contributed by atoms with Crippen LogP contribution in [0.15, 0.2) is 56.7 Å². The Hall–Kier alpha value is -3.81. The number of hydrogen-bond acceptors (Lipinski definition) is 5. The Kier molecular flexibility index (Phi) is 6.32. The fourth-order valence-corrected chi connectivity index (χ4v) is 4.33. The van der Waals surface area contributed by atoms with Gasteiger partial charge in [-0.1, -0.05) is 58.0 Å². The Labute approximate surface area is 197 Å². The molecule has 1 amide bonds. The van der Waals surface area contributed by atoms with Crippen LogP contribution in [0.3, 0.4) is 0 Å². The van der Waals surface area contributed by atoms with Crippen molar-refractivity contribution in [2.75, 3.05) is 17.2 Å². The van der Waals surface area contributed by atoms with E-state index in [1.54, 1.807) is 6.26 Å². The van der Waals surface area contributed by atoms with Crippen LogP contribution in [0.25, 0.3) is 21.7 Å². The van der Waals surface area contributed by atoms with Gasteiger partial charge in [-0.2, -0.15) is 0 Å². The number of carbonyl (C=O) groups excluding carboxylic acids is 1. The molecule has 0 saturated carbocycles. The van der Waals surface area contributed by atoms with Gasteiger partial charge in [0, 0.05) is 24.0 Å². The van der Waals surface area contributed by atoms with Crippen molar-refractivity contribution < 1.29 is 9.21 Å². The quantitative estimate of drug-likeness (QED) is 0.432. The van der Waals surface area contributed by atoms with Crippen molar-refractivity contribution in [1.29, 1.82) is 0 Å². The van der Waals surface area contributed by atoms with E-state index in [0.717, 1.165) is 21.7 Å². The lowest BCUT2D eigenvalue weighted by molar-refractivity contribution is -0.118. The first kappa shape index (κ1) is 23.4. The van der Waals surface area contributed by atoms with E-state index in [1.807, 2.05) is 64.1 Å². The minimum Gasteiger partial charge on any atom is -0.464 e. The predicted octanol–water partition coefficient (Wildman–Crippen LogP) is 3.91. The van der Waals surface area contributed by atoms with Crippen LogP contribution in [0.1, 0.15) is 33.3 Å². The molecule has 8 nitrogen and oxygen atoms in total. The zero-order valence-electron chi connectivity index (χ0n) is 19.9. The summed E-state index contributed by atoms with van der Waals surface area (Å²) in [5.41, 5.74) is 6.51. The Morgan fingerprint density at radius 3 is 2.53 bits per heavy atom. The molecule has 4 rings (SSSR count). The van der Waals surface area contributed by atoms with Crippen molar-refractivity contribution in [3.8, 4) is 0 Å². The number of furan rings is 1. The van der Waals surface area contributed by atoms with Crippen LogP contribution in [0.4, 0.5) is 11.5 Å². The molecule has 0 atom stereocenters. The van der Waals surface area contributed by atoms with Gasteiger partial charge in [0.1, 0.15) is 11.4 Å². The second-order valence-electron chi connectivity index (χ2n) is 9.49. The van der Waals surface area contributed by atoms with Crippen LogP contribution in [0, 0.1) is 11.8 Å². The first-order valence-electron chi connectivity index (χ1n) is 11.5. The molecule has 2 aromatic carbocycles. The summed E-state index contributed by atoms with van der Waals surface area (Å²) in [4.78, 5) is 42.6. The monoisotopic (exact) mass is 462 g/mol. The molecule has 178 valence electrons. The Morgan fingerprint density at radius 1 is 1.09 bits per heavy atom. The van der Waals surface area contributed by atoms with Gasteiger partial charge in [-0.05, 0) is 28.7 Å². The lowest BCUT2D eigenvalue weighted by Crippen LogP contribution is -2.43. The number of H-pyrrole nitrogens is 1. The highest BCUT2D eigenvalue weighted by molar-refractivity contribution is 6.09. The minimum atomic E-state index is -0.668. The number of aromatic nitrogens is 2. The summed E-state index contributed by atoms with van der Waals surface area (Å²) in [6, 6.07) is 11.8. The van der Waals surface area contributed by atoms with Gasteiger partial charge in [0.25, 0.3) is 5.56 Å². The summed E-state index contributed by atoms with van der Waals surface area (Å²) in [6.45, 7) is 8.41. The molecule has 3 N–H and O–H groups in total. The van der Waals surface area contributed by atoms with Crippen LogP contribution in [-0.4, -0.2) is 22.0 Å². The molecule has 2 aromatic heterocycles. The Morgan fingerprint density at radius 2 is 1.82 bits per heavy atom. The summed E-state index contributed by atoms with van der Waals surface area (Å²) < 4.78 is 7.06. The van der Waals surface area contributed by atoms with Crippen LogP contribution in [0.5, 0.6) is 0 Å². The van der Waals surface area contributed by atoms with E-state index in [-0.39, 0.29) is 42.2 Å². The molecule has 0 aliphatic heterocycles. The van der Waals surface area contributed by atoms with Crippen molar-refractivity contribution in [2.24, 2.45) is 11.8 Å². The van der Waals surface area contributed by atoms with Crippen LogP contribution >= 0.6 is 0 Å². The highest BCUT2D eigenvalue weighted by atomic mass is 16.3. The predicted molar refractivity (Wildman–Crippen MR) is 135 cm³/mol. The molecule has 4 aromatic rings. The molecule has 0 unspecified atom stereocenters. The van der Waals surface area contributed by atoms with E-state index in [1.165, 1.54) is 9.47 Å². The third-order valence-electron chi connectivity index (χ3n) is 5.76. The summed E-state index contributed by atoms with van der Waals surface area (Å²) in [5, 5.41) is 2.92. The second-order valence-corrected chi connectivity index (χ2v) is 9.49. The van der Waals surface area contributed by atoms with Gasteiger partial charge in [-0.15, -0.1) is 0 Å². The molecule has 8 heteroatoms. The standard InChI is InChI=1S/C26H30N4O4/c1-15(2)12-29(23-24(27)30(13-16(3)4)26(33)28-25(23)32)21(31)11-18-14-34-20-10-9-17-7-5-6-8-19(17)22(18)20/h5-10,14-16H,11-13,27H2,1-4H3,(H,28,32,33). The number of anilines is 2.